The molecule has 2 aliphatic rings. The Morgan fingerprint density at radius 3 is 2.39 bits per heavy atom. The number of piperidine rings is 1. The number of anilines is 1. The number of aliphatic imine (C=N–C) groups is 1. The van der Waals surface area contributed by atoms with Crippen LogP contribution in [0.15, 0.2) is 29.3 Å². The molecule has 2 atom stereocenters. The van der Waals surface area contributed by atoms with Gasteiger partial charge in [0.1, 0.15) is 0 Å². The first kappa shape index (κ1) is 26.2. The minimum Gasteiger partial charge on any atom is -0.396 e. The van der Waals surface area contributed by atoms with Gasteiger partial charge in [-0.1, -0.05) is 19.1 Å². The second-order valence-corrected chi connectivity index (χ2v) is 9.25. The summed E-state index contributed by atoms with van der Waals surface area (Å²) < 4.78 is 0. The van der Waals surface area contributed by atoms with Gasteiger partial charge in [-0.05, 0) is 63.1 Å². The van der Waals surface area contributed by atoms with Gasteiger partial charge in [0.25, 0.3) is 0 Å². The van der Waals surface area contributed by atoms with E-state index >= 15 is 0 Å². The van der Waals surface area contributed by atoms with Crippen LogP contribution >= 0.6 is 24.0 Å². The van der Waals surface area contributed by atoms with Crippen molar-refractivity contribution in [2.45, 2.75) is 59.2 Å². The predicted molar refractivity (Wildman–Crippen MR) is 141 cm³/mol. The third-order valence-corrected chi connectivity index (χ3v) is 6.63. The largest absolute Gasteiger partial charge is 0.396 e. The van der Waals surface area contributed by atoms with Crippen LogP contribution in [0.3, 0.4) is 0 Å². The number of guanidine groups is 1. The van der Waals surface area contributed by atoms with Gasteiger partial charge in [-0.25, -0.2) is 4.99 Å². The van der Waals surface area contributed by atoms with E-state index in [2.05, 4.69) is 72.4 Å². The molecular weight excluding hydrogens is 501 g/mol. The van der Waals surface area contributed by atoms with Gasteiger partial charge in [-0.3, -0.25) is 4.90 Å². The molecule has 0 saturated carbocycles. The molecule has 2 aliphatic heterocycles. The number of halogens is 1. The third kappa shape index (κ3) is 7.49. The van der Waals surface area contributed by atoms with Crippen LogP contribution < -0.4 is 15.5 Å². The lowest BCUT2D eigenvalue weighted by molar-refractivity contribution is 0.203. The van der Waals surface area contributed by atoms with Gasteiger partial charge in [0.05, 0.1) is 6.54 Å². The second-order valence-electron chi connectivity index (χ2n) is 9.25. The molecule has 2 fully saturated rings. The highest BCUT2D eigenvalue weighted by molar-refractivity contribution is 14.0. The van der Waals surface area contributed by atoms with Gasteiger partial charge < -0.3 is 20.6 Å². The first-order valence-corrected chi connectivity index (χ1v) is 11.7. The fourth-order valence-corrected chi connectivity index (χ4v) is 4.47. The van der Waals surface area contributed by atoms with Crippen LogP contribution in [0, 0.1) is 11.8 Å². The standard InChI is InChI=1S/C24H41N5O.HI/c1-5-25-24(27-23-16-29(18(2)3)15-19(23)4)26-14-20-6-8-22(9-7-20)28-12-10-21(17-30)11-13-28;/h6-9,18-19,21,23,30H,5,10-17H2,1-4H3,(H2,25,26,27);1H. The van der Waals surface area contributed by atoms with Crippen LogP contribution in [0.1, 0.15) is 46.1 Å². The van der Waals surface area contributed by atoms with Gasteiger partial charge in [0.15, 0.2) is 5.96 Å². The van der Waals surface area contributed by atoms with Crippen LogP contribution in [0.2, 0.25) is 0 Å². The third-order valence-electron chi connectivity index (χ3n) is 6.63. The fourth-order valence-electron chi connectivity index (χ4n) is 4.47. The zero-order valence-electron chi connectivity index (χ0n) is 19.7. The summed E-state index contributed by atoms with van der Waals surface area (Å²) in [5, 5.41) is 16.4. The van der Waals surface area contributed by atoms with Crippen LogP contribution in [0.25, 0.3) is 0 Å². The SMILES string of the molecule is CCNC(=NCc1ccc(N2CCC(CO)CC2)cc1)NC1CN(C(C)C)CC1C.I. The molecule has 0 radical (unpaired) electrons. The molecular formula is C24H42IN5O. The summed E-state index contributed by atoms with van der Waals surface area (Å²) in [6, 6.07) is 9.84. The normalized spacial score (nSPS) is 23.2. The quantitative estimate of drug-likeness (QED) is 0.280. The monoisotopic (exact) mass is 543 g/mol. The Kier molecular flexibility index (Phi) is 10.9. The smallest absolute Gasteiger partial charge is 0.191 e. The lowest BCUT2D eigenvalue weighted by Gasteiger charge is -2.32. The number of likely N-dealkylation sites (tertiary alicyclic amines) is 1. The summed E-state index contributed by atoms with van der Waals surface area (Å²) in [7, 11) is 0. The molecule has 1 aromatic carbocycles. The van der Waals surface area contributed by atoms with Crippen molar-refractivity contribution in [2.75, 3.05) is 44.2 Å². The molecule has 0 aliphatic carbocycles. The lowest BCUT2D eigenvalue weighted by Crippen LogP contribution is -2.46. The zero-order chi connectivity index (χ0) is 21.5. The van der Waals surface area contributed by atoms with E-state index in [1.54, 1.807) is 0 Å². The van der Waals surface area contributed by atoms with Crippen molar-refractivity contribution in [1.29, 1.82) is 0 Å². The van der Waals surface area contributed by atoms with Crippen molar-refractivity contribution in [3.63, 3.8) is 0 Å². The fraction of sp³-hybridized carbons (Fsp3) is 0.708. The van der Waals surface area contributed by atoms with E-state index in [0.717, 1.165) is 51.5 Å². The van der Waals surface area contributed by atoms with E-state index in [0.29, 0.717) is 37.1 Å². The van der Waals surface area contributed by atoms with E-state index in [-0.39, 0.29) is 24.0 Å². The highest BCUT2D eigenvalue weighted by Gasteiger charge is 2.31. The van der Waals surface area contributed by atoms with Crippen LogP contribution in [-0.2, 0) is 6.54 Å². The number of benzene rings is 1. The van der Waals surface area contributed by atoms with E-state index < -0.39 is 0 Å². The Hall–Kier alpha value is -1.06. The summed E-state index contributed by atoms with van der Waals surface area (Å²) in [6.45, 7) is 15.1. The maximum absolute atomic E-state index is 9.32. The summed E-state index contributed by atoms with van der Waals surface area (Å²) in [4.78, 5) is 9.81. The molecule has 0 amide bonds. The molecule has 176 valence electrons. The van der Waals surface area contributed by atoms with Crippen LogP contribution in [-0.4, -0.2) is 67.4 Å². The Labute approximate surface area is 205 Å². The first-order chi connectivity index (χ1) is 14.5. The Morgan fingerprint density at radius 2 is 1.84 bits per heavy atom. The maximum atomic E-state index is 9.32. The van der Waals surface area contributed by atoms with Crippen molar-refractivity contribution in [2.24, 2.45) is 16.8 Å². The molecule has 2 heterocycles. The van der Waals surface area contributed by atoms with E-state index in [4.69, 9.17) is 4.99 Å². The van der Waals surface area contributed by atoms with Gasteiger partial charge in [-0.15, -0.1) is 24.0 Å². The average Bonchev–Trinajstić information content (AvgIpc) is 3.13. The average molecular weight is 544 g/mol. The summed E-state index contributed by atoms with van der Waals surface area (Å²) in [5.74, 6) is 2.00. The highest BCUT2D eigenvalue weighted by atomic mass is 127. The van der Waals surface area contributed by atoms with Crippen molar-refractivity contribution in [3.8, 4) is 0 Å². The number of rotatable bonds is 7. The molecule has 7 heteroatoms. The molecule has 0 bridgehead atoms. The molecule has 0 aromatic heterocycles. The van der Waals surface area contributed by atoms with Crippen molar-refractivity contribution < 1.29 is 5.11 Å². The van der Waals surface area contributed by atoms with Crippen molar-refractivity contribution in [1.82, 2.24) is 15.5 Å². The number of hydrogen-bond acceptors (Lipinski definition) is 4. The van der Waals surface area contributed by atoms with Crippen molar-refractivity contribution >= 4 is 35.6 Å². The predicted octanol–water partition coefficient (Wildman–Crippen LogP) is 3.30. The molecule has 6 nitrogen and oxygen atoms in total. The number of aliphatic hydroxyl groups is 1. The number of aliphatic hydroxyl groups excluding tert-OH is 1. The number of nitrogens with zero attached hydrogens (tertiary/aromatic N) is 3. The Balaban J connectivity index is 0.00000341. The first-order valence-electron chi connectivity index (χ1n) is 11.7. The van der Waals surface area contributed by atoms with Crippen LogP contribution in [0.5, 0.6) is 0 Å². The number of nitrogens with one attached hydrogen (secondary N) is 2. The van der Waals surface area contributed by atoms with E-state index in [1.807, 2.05) is 0 Å². The lowest BCUT2D eigenvalue weighted by atomic mass is 9.97. The summed E-state index contributed by atoms with van der Waals surface area (Å²) in [5.41, 5.74) is 2.50. The molecule has 3 rings (SSSR count). The summed E-state index contributed by atoms with van der Waals surface area (Å²) >= 11 is 0. The minimum atomic E-state index is 0. The summed E-state index contributed by atoms with van der Waals surface area (Å²) in [6.07, 6.45) is 2.15. The van der Waals surface area contributed by atoms with Gasteiger partial charge >= 0.3 is 0 Å². The van der Waals surface area contributed by atoms with E-state index in [1.165, 1.54) is 11.3 Å². The highest BCUT2D eigenvalue weighted by Crippen LogP contribution is 2.23. The van der Waals surface area contributed by atoms with E-state index in [9.17, 15) is 5.11 Å². The Morgan fingerprint density at radius 1 is 1.16 bits per heavy atom. The molecule has 31 heavy (non-hydrogen) atoms. The second kappa shape index (κ2) is 12.8. The van der Waals surface area contributed by atoms with Crippen LogP contribution in [0.4, 0.5) is 5.69 Å². The topological polar surface area (TPSA) is 63.1 Å². The maximum Gasteiger partial charge on any atom is 0.191 e. The Bertz CT molecular complexity index is 673. The van der Waals surface area contributed by atoms with Gasteiger partial charge in [0, 0.05) is 57.1 Å². The molecule has 3 N–H and O–H groups in total. The molecule has 2 saturated heterocycles. The number of hydrogen-bond donors (Lipinski definition) is 3. The minimum absolute atomic E-state index is 0. The van der Waals surface area contributed by atoms with Gasteiger partial charge in [0.2, 0.25) is 0 Å². The molecule has 2 unspecified atom stereocenters. The molecule has 1 aromatic rings. The van der Waals surface area contributed by atoms with Crippen molar-refractivity contribution in [3.05, 3.63) is 29.8 Å². The zero-order valence-corrected chi connectivity index (χ0v) is 22.0. The molecule has 0 spiro atoms. The van der Waals surface area contributed by atoms with Gasteiger partial charge in [-0.2, -0.15) is 0 Å².